The Hall–Kier alpha value is -1.55. The van der Waals surface area contributed by atoms with Gasteiger partial charge < -0.3 is 0 Å². The maximum atomic E-state index is 11.7. The van der Waals surface area contributed by atoms with Crippen LogP contribution in [0.15, 0.2) is 47.6 Å². The minimum absolute atomic E-state index is 0.223. The number of amides is 1. The average Bonchev–Trinajstić information content (AvgIpc) is 2.44. The van der Waals surface area contributed by atoms with E-state index in [9.17, 15) is 4.79 Å². The van der Waals surface area contributed by atoms with Gasteiger partial charge in [-0.15, -0.1) is 0 Å². The van der Waals surface area contributed by atoms with Crippen LogP contribution in [0.3, 0.4) is 0 Å². The molecule has 2 aromatic carbocycles. The van der Waals surface area contributed by atoms with Crippen molar-refractivity contribution in [1.82, 2.24) is 5.43 Å². The van der Waals surface area contributed by atoms with E-state index in [2.05, 4.69) is 10.5 Å². The zero-order chi connectivity index (χ0) is 15.2. The zero-order valence-electron chi connectivity index (χ0n) is 10.8. The molecule has 0 spiro atoms. The van der Waals surface area contributed by atoms with E-state index < -0.39 is 0 Å². The number of hydrazone groups is 1. The Morgan fingerprint density at radius 2 is 1.71 bits per heavy atom. The second-order valence-corrected chi connectivity index (χ2v) is 5.54. The van der Waals surface area contributed by atoms with Crippen molar-refractivity contribution in [2.45, 2.75) is 6.42 Å². The largest absolute Gasteiger partial charge is 0.273 e. The van der Waals surface area contributed by atoms with Gasteiger partial charge in [0.25, 0.3) is 0 Å². The van der Waals surface area contributed by atoms with Gasteiger partial charge in [0, 0.05) is 15.6 Å². The molecule has 1 amide bonds. The van der Waals surface area contributed by atoms with Crippen LogP contribution in [0.4, 0.5) is 0 Å². The molecule has 0 saturated carbocycles. The molecule has 0 fully saturated rings. The first-order valence-corrected chi connectivity index (χ1v) is 7.19. The van der Waals surface area contributed by atoms with Gasteiger partial charge in [0.05, 0.1) is 17.7 Å². The third-order valence-corrected chi connectivity index (χ3v) is 3.45. The van der Waals surface area contributed by atoms with Crippen LogP contribution in [0.1, 0.15) is 11.1 Å². The number of rotatable bonds is 4. The molecule has 0 saturated heterocycles. The number of nitrogens with one attached hydrogen (secondary N) is 1. The van der Waals surface area contributed by atoms with Crippen LogP contribution >= 0.6 is 34.8 Å². The lowest BCUT2D eigenvalue weighted by atomic mass is 10.1. The summed E-state index contributed by atoms with van der Waals surface area (Å²) in [5.41, 5.74) is 3.97. The number of nitrogens with zero attached hydrogens (tertiary/aromatic N) is 1. The number of halogens is 3. The topological polar surface area (TPSA) is 41.5 Å². The highest BCUT2D eigenvalue weighted by molar-refractivity contribution is 6.36. The number of carbonyl (C=O) groups excluding carboxylic acids is 1. The van der Waals surface area contributed by atoms with Gasteiger partial charge in [-0.05, 0) is 29.8 Å². The molecule has 0 radical (unpaired) electrons. The Labute approximate surface area is 137 Å². The first-order chi connectivity index (χ1) is 10.0. The van der Waals surface area contributed by atoms with E-state index in [4.69, 9.17) is 34.8 Å². The highest BCUT2D eigenvalue weighted by Crippen LogP contribution is 2.19. The number of hydrogen-bond donors (Lipinski definition) is 1. The van der Waals surface area contributed by atoms with Crippen LogP contribution in [0, 0.1) is 0 Å². The summed E-state index contributed by atoms with van der Waals surface area (Å²) in [6.45, 7) is 0. The molecular formula is C15H11Cl3N2O. The summed E-state index contributed by atoms with van der Waals surface area (Å²) >= 11 is 17.6. The van der Waals surface area contributed by atoms with Gasteiger partial charge in [0.15, 0.2) is 0 Å². The molecule has 0 aliphatic rings. The fourth-order valence-corrected chi connectivity index (χ4v) is 2.19. The fourth-order valence-electron chi connectivity index (χ4n) is 1.61. The van der Waals surface area contributed by atoms with Crippen LogP contribution in [0.5, 0.6) is 0 Å². The molecule has 0 aromatic heterocycles. The second kappa shape index (κ2) is 7.46. The molecule has 2 aromatic rings. The Balaban J connectivity index is 1.91. The van der Waals surface area contributed by atoms with Gasteiger partial charge in [-0.1, -0.05) is 53.0 Å². The summed E-state index contributed by atoms with van der Waals surface area (Å²) in [7, 11) is 0. The highest BCUT2D eigenvalue weighted by atomic mass is 35.5. The lowest BCUT2D eigenvalue weighted by molar-refractivity contribution is -0.120. The molecule has 0 aliphatic heterocycles. The number of hydrogen-bond acceptors (Lipinski definition) is 2. The number of benzene rings is 2. The van der Waals surface area contributed by atoms with Crippen molar-refractivity contribution in [3.05, 3.63) is 68.7 Å². The second-order valence-electron chi connectivity index (χ2n) is 4.26. The van der Waals surface area contributed by atoms with Gasteiger partial charge in [-0.3, -0.25) is 4.79 Å². The van der Waals surface area contributed by atoms with Crippen LogP contribution < -0.4 is 5.43 Å². The van der Waals surface area contributed by atoms with Gasteiger partial charge >= 0.3 is 0 Å². The summed E-state index contributed by atoms with van der Waals surface area (Å²) in [4.78, 5) is 11.7. The minimum atomic E-state index is -0.223. The standard InChI is InChI=1S/C15H11Cl3N2O/c16-12-4-1-10(2-5-12)7-15(21)20-19-9-11-3-6-13(17)8-14(11)18/h1-6,8-9H,7H2,(H,20,21)/b19-9-. The van der Waals surface area contributed by atoms with Gasteiger partial charge in [0.2, 0.25) is 5.91 Å². The van der Waals surface area contributed by atoms with Gasteiger partial charge in [-0.25, -0.2) is 5.43 Å². The minimum Gasteiger partial charge on any atom is -0.273 e. The average molecular weight is 342 g/mol. The molecule has 0 atom stereocenters. The highest BCUT2D eigenvalue weighted by Gasteiger charge is 2.02. The molecule has 0 aliphatic carbocycles. The first kappa shape index (κ1) is 15.8. The normalized spacial score (nSPS) is 10.8. The van der Waals surface area contributed by atoms with Crippen LogP contribution in [0.2, 0.25) is 15.1 Å². The smallest absolute Gasteiger partial charge is 0.244 e. The van der Waals surface area contributed by atoms with Gasteiger partial charge in [0.1, 0.15) is 0 Å². The van der Waals surface area contributed by atoms with E-state index in [-0.39, 0.29) is 12.3 Å². The predicted molar refractivity (Wildman–Crippen MR) is 87.4 cm³/mol. The van der Waals surface area contributed by atoms with Crippen molar-refractivity contribution >= 4 is 46.9 Å². The third-order valence-electron chi connectivity index (χ3n) is 2.63. The molecular weight excluding hydrogens is 331 g/mol. The molecule has 3 nitrogen and oxygen atoms in total. The van der Waals surface area contributed by atoms with Crippen molar-refractivity contribution in [2.75, 3.05) is 0 Å². The van der Waals surface area contributed by atoms with E-state index in [1.165, 1.54) is 6.21 Å². The summed E-state index contributed by atoms with van der Waals surface area (Å²) in [5, 5.41) is 5.52. The zero-order valence-corrected chi connectivity index (χ0v) is 13.1. The summed E-state index contributed by atoms with van der Waals surface area (Å²) in [5.74, 6) is -0.223. The van der Waals surface area contributed by atoms with Crippen molar-refractivity contribution in [1.29, 1.82) is 0 Å². The summed E-state index contributed by atoms with van der Waals surface area (Å²) in [6.07, 6.45) is 1.70. The van der Waals surface area contributed by atoms with E-state index >= 15 is 0 Å². The Morgan fingerprint density at radius 1 is 1.05 bits per heavy atom. The van der Waals surface area contributed by atoms with Crippen molar-refractivity contribution < 1.29 is 4.79 Å². The fraction of sp³-hybridized carbons (Fsp3) is 0.0667. The summed E-state index contributed by atoms with van der Waals surface area (Å²) < 4.78 is 0. The Kier molecular flexibility index (Phi) is 5.62. The molecule has 0 unspecified atom stereocenters. The maximum Gasteiger partial charge on any atom is 0.244 e. The SMILES string of the molecule is O=C(Cc1ccc(Cl)cc1)N/N=C\c1ccc(Cl)cc1Cl. The van der Waals surface area contributed by atoms with Crippen molar-refractivity contribution in [2.24, 2.45) is 5.10 Å². The van der Waals surface area contributed by atoms with E-state index in [1.807, 2.05) is 0 Å². The van der Waals surface area contributed by atoms with E-state index in [0.717, 1.165) is 5.56 Å². The lowest BCUT2D eigenvalue weighted by Crippen LogP contribution is -2.19. The molecule has 6 heteroatoms. The van der Waals surface area contributed by atoms with Crippen molar-refractivity contribution in [3.63, 3.8) is 0 Å². The van der Waals surface area contributed by atoms with Crippen LogP contribution in [-0.2, 0) is 11.2 Å². The molecule has 0 bridgehead atoms. The predicted octanol–water partition coefficient (Wildman–Crippen LogP) is 4.34. The Bertz CT molecular complexity index is 669. The maximum absolute atomic E-state index is 11.7. The quantitative estimate of drug-likeness (QED) is 0.652. The molecule has 0 heterocycles. The van der Waals surface area contributed by atoms with Gasteiger partial charge in [-0.2, -0.15) is 5.10 Å². The van der Waals surface area contributed by atoms with Crippen LogP contribution in [-0.4, -0.2) is 12.1 Å². The van der Waals surface area contributed by atoms with E-state index in [0.29, 0.717) is 20.6 Å². The molecule has 2 rings (SSSR count). The van der Waals surface area contributed by atoms with Crippen LogP contribution in [0.25, 0.3) is 0 Å². The van der Waals surface area contributed by atoms with E-state index in [1.54, 1.807) is 42.5 Å². The van der Waals surface area contributed by atoms with Crippen molar-refractivity contribution in [3.8, 4) is 0 Å². The first-order valence-electron chi connectivity index (χ1n) is 6.06. The molecule has 1 N–H and O–H groups in total. The number of carbonyl (C=O) groups is 1. The molecule has 21 heavy (non-hydrogen) atoms. The Morgan fingerprint density at radius 3 is 2.38 bits per heavy atom. The molecule has 108 valence electrons. The summed E-state index contributed by atoms with van der Waals surface area (Å²) in [6, 6.07) is 12.1. The third kappa shape index (κ3) is 5.05. The lowest BCUT2D eigenvalue weighted by Gasteiger charge is -2.01. The monoisotopic (exact) mass is 340 g/mol.